The van der Waals surface area contributed by atoms with Crippen molar-refractivity contribution in [2.45, 2.75) is 26.9 Å². The van der Waals surface area contributed by atoms with Crippen molar-refractivity contribution in [3.63, 3.8) is 0 Å². The number of fused-ring (bicyclic) bond motifs is 1. The van der Waals surface area contributed by atoms with Gasteiger partial charge >= 0.3 is 0 Å². The number of rotatable bonds is 5. The summed E-state index contributed by atoms with van der Waals surface area (Å²) in [5, 5.41) is 0.598. The summed E-state index contributed by atoms with van der Waals surface area (Å²) in [6, 6.07) is 15.9. The highest BCUT2D eigenvalue weighted by atomic mass is 16.1. The van der Waals surface area contributed by atoms with Crippen LogP contribution in [0.2, 0.25) is 0 Å². The van der Waals surface area contributed by atoms with Gasteiger partial charge in [0, 0.05) is 67.0 Å². The summed E-state index contributed by atoms with van der Waals surface area (Å²) in [7, 11) is 0. The van der Waals surface area contributed by atoms with E-state index in [-0.39, 0.29) is 11.2 Å². The number of ketones is 1. The Bertz CT molecular complexity index is 1080. The maximum atomic E-state index is 13.1. The molecular weight excluding hydrogens is 362 g/mol. The Morgan fingerprint density at radius 1 is 0.966 bits per heavy atom. The van der Waals surface area contributed by atoms with Crippen LogP contribution in [0.15, 0.2) is 53.3 Å². The summed E-state index contributed by atoms with van der Waals surface area (Å²) < 4.78 is 0. The molecule has 5 nitrogen and oxygen atoms in total. The number of pyridine rings is 1. The molecule has 5 heteroatoms. The van der Waals surface area contributed by atoms with Gasteiger partial charge in [0.15, 0.2) is 11.2 Å². The number of benzene rings is 2. The minimum absolute atomic E-state index is 0.0250. The van der Waals surface area contributed by atoms with Crippen molar-refractivity contribution in [1.82, 2.24) is 14.8 Å². The summed E-state index contributed by atoms with van der Waals surface area (Å²) in [5.41, 5.74) is 4.44. The van der Waals surface area contributed by atoms with E-state index in [1.165, 1.54) is 12.5 Å². The van der Waals surface area contributed by atoms with Crippen LogP contribution in [0.25, 0.3) is 10.9 Å². The molecule has 0 radical (unpaired) electrons. The lowest BCUT2D eigenvalue weighted by Gasteiger charge is -2.34. The Labute approximate surface area is 171 Å². The molecule has 0 aliphatic carbocycles. The van der Waals surface area contributed by atoms with Crippen molar-refractivity contribution >= 4 is 16.7 Å². The first-order chi connectivity index (χ1) is 14.0. The first-order valence-corrected chi connectivity index (χ1v) is 10.2. The molecule has 29 heavy (non-hydrogen) atoms. The van der Waals surface area contributed by atoms with Gasteiger partial charge in [-0.1, -0.05) is 30.3 Å². The average molecular weight is 389 g/mol. The zero-order valence-corrected chi connectivity index (χ0v) is 17.1. The van der Waals surface area contributed by atoms with E-state index >= 15 is 0 Å². The predicted molar refractivity (Wildman–Crippen MR) is 116 cm³/mol. The van der Waals surface area contributed by atoms with Crippen LogP contribution >= 0.6 is 0 Å². The van der Waals surface area contributed by atoms with Gasteiger partial charge in [0.25, 0.3) is 0 Å². The summed E-state index contributed by atoms with van der Waals surface area (Å²) in [6.07, 6.45) is 0. The maximum absolute atomic E-state index is 13.1. The van der Waals surface area contributed by atoms with Crippen molar-refractivity contribution in [2.75, 3.05) is 26.2 Å². The van der Waals surface area contributed by atoms with E-state index < -0.39 is 0 Å². The molecule has 0 bridgehead atoms. The second-order valence-electron chi connectivity index (χ2n) is 7.91. The van der Waals surface area contributed by atoms with E-state index in [2.05, 4.69) is 39.0 Å². The Kier molecular flexibility index (Phi) is 5.60. The smallest absolute Gasteiger partial charge is 0.194 e. The highest BCUT2D eigenvalue weighted by Gasteiger charge is 2.20. The normalized spacial score (nSPS) is 15.7. The number of aryl methyl sites for hydroxylation is 1. The topological polar surface area (TPSA) is 56.4 Å². The van der Waals surface area contributed by atoms with Gasteiger partial charge in [-0.2, -0.15) is 0 Å². The third kappa shape index (κ3) is 4.31. The summed E-state index contributed by atoms with van der Waals surface area (Å²) >= 11 is 0. The quantitative estimate of drug-likeness (QED) is 0.680. The fraction of sp³-hybridized carbons (Fsp3) is 0.333. The van der Waals surface area contributed by atoms with Gasteiger partial charge in [0.05, 0.1) is 0 Å². The third-order valence-electron chi connectivity index (χ3n) is 5.82. The number of nitrogens with zero attached hydrogens (tertiary/aromatic N) is 2. The molecular formula is C24H27N3O2. The van der Waals surface area contributed by atoms with Crippen molar-refractivity contribution in [3.8, 4) is 0 Å². The lowest BCUT2D eigenvalue weighted by Crippen LogP contribution is -2.46. The number of piperazine rings is 1. The largest absolute Gasteiger partial charge is 0.358 e. The van der Waals surface area contributed by atoms with Crippen LogP contribution in [0.1, 0.15) is 34.1 Å². The molecule has 4 rings (SSSR count). The zero-order chi connectivity index (χ0) is 20.4. The van der Waals surface area contributed by atoms with Gasteiger partial charge in [0.2, 0.25) is 0 Å². The van der Waals surface area contributed by atoms with Crippen LogP contribution in [0.4, 0.5) is 0 Å². The van der Waals surface area contributed by atoms with Gasteiger partial charge in [-0.15, -0.1) is 0 Å². The van der Waals surface area contributed by atoms with Crippen molar-refractivity contribution in [2.24, 2.45) is 0 Å². The molecule has 1 aromatic heterocycles. The minimum Gasteiger partial charge on any atom is -0.358 e. The van der Waals surface area contributed by atoms with E-state index in [0.29, 0.717) is 17.5 Å². The van der Waals surface area contributed by atoms with E-state index in [0.717, 1.165) is 49.5 Å². The molecule has 3 aromatic rings. The number of carbonyl (C=O) groups is 1. The van der Waals surface area contributed by atoms with Crippen LogP contribution in [0, 0.1) is 6.92 Å². The maximum Gasteiger partial charge on any atom is 0.194 e. The molecule has 1 aliphatic heterocycles. The van der Waals surface area contributed by atoms with Crippen LogP contribution in [0.3, 0.4) is 0 Å². The number of aromatic nitrogens is 1. The van der Waals surface area contributed by atoms with Crippen molar-refractivity contribution < 1.29 is 4.79 Å². The minimum atomic E-state index is -0.0250. The molecule has 1 saturated heterocycles. The van der Waals surface area contributed by atoms with Crippen molar-refractivity contribution in [3.05, 3.63) is 81.1 Å². The third-order valence-corrected chi connectivity index (χ3v) is 5.82. The second-order valence-corrected chi connectivity index (χ2v) is 7.91. The fourth-order valence-electron chi connectivity index (χ4n) is 4.03. The number of carbonyl (C=O) groups excluding carboxylic acids is 1. The number of hydrogen-bond donors (Lipinski definition) is 1. The molecule has 1 aliphatic rings. The number of Topliss-reactive ketones (excluding diaryl/α,β-unsaturated/α-hetero) is 1. The van der Waals surface area contributed by atoms with E-state index in [9.17, 15) is 9.59 Å². The molecule has 0 spiro atoms. The molecule has 1 fully saturated rings. The first kappa shape index (κ1) is 19.6. The average Bonchev–Trinajstić information content (AvgIpc) is 2.73. The Balaban J connectivity index is 1.48. The second kappa shape index (κ2) is 8.31. The lowest BCUT2D eigenvalue weighted by molar-refractivity contribution is 0.101. The fourth-order valence-corrected chi connectivity index (χ4v) is 4.03. The number of hydrogen-bond acceptors (Lipinski definition) is 4. The molecule has 0 amide bonds. The van der Waals surface area contributed by atoms with Crippen LogP contribution in [0.5, 0.6) is 0 Å². The van der Waals surface area contributed by atoms with Gasteiger partial charge in [0.1, 0.15) is 0 Å². The molecule has 1 N–H and O–H groups in total. The first-order valence-electron chi connectivity index (χ1n) is 10.2. The molecule has 0 unspecified atom stereocenters. The van der Waals surface area contributed by atoms with Crippen molar-refractivity contribution in [1.29, 1.82) is 0 Å². The summed E-state index contributed by atoms with van der Waals surface area (Å²) in [6.45, 7) is 8.97. The summed E-state index contributed by atoms with van der Waals surface area (Å²) in [5.74, 6) is -0.0250. The lowest BCUT2D eigenvalue weighted by atomic mass is 10.0. The number of aromatic amines is 1. The highest BCUT2D eigenvalue weighted by Crippen LogP contribution is 2.16. The van der Waals surface area contributed by atoms with E-state index in [1.807, 2.05) is 19.1 Å². The Morgan fingerprint density at radius 2 is 1.62 bits per heavy atom. The Morgan fingerprint density at radius 3 is 2.28 bits per heavy atom. The van der Waals surface area contributed by atoms with Crippen LogP contribution in [-0.2, 0) is 13.1 Å². The monoisotopic (exact) mass is 389 g/mol. The van der Waals surface area contributed by atoms with Gasteiger partial charge in [-0.3, -0.25) is 19.4 Å². The highest BCUT2D eigenvalue weighted by molar-refractivity contribution is 5.97. The van der Waals surface area contributed by atoms with E-state index in [1.54, 1.807) is 12.1 Å². The zero-order valence-electron chi connectivity index (χ0n) is 17.1. The number of nitrogens with one attached hydrogen (secondary N) is 1. The van der Waals surface area contributed by atoms with Gasteiger partial charge < -0.3 is 4.98 Å². The Hall–Kier alpha value is -2.76. The standard InChI is InChI=1S/C24H27N3O2/c1-17-22(24(29)21-14-20(18(2)28)8-9-23(21)25-17)16-27-12-10-26(11-13-27)15-19-6-4-3-5-7-19/h3-9,14H,10-13,15-16H2,1-2H3,(H,25,29). The van der Waals surface area contributed by atoms with E-state index in [4.69, 9.17) is 0 Å². The molecule has 2 heterocycles. The van der Waals surface area contributed by atoms with Crippen LogP contribution in [-0.4, -0.2) is 46.7 Å². The molecule has 0 saturated carbocycles. The van der Waals surface area contributed by atoms with Crippen LogP contribution < -0.4 is 5.43 Å². The predicted octanol–water partition coefficient (Wildman–Crippen LogP) is 3.36. The molecule has 2 aromatic carbocycles. The SMILES string of the molecule is CC(=O)c1ccc2[nH]c(C)c(CN3CCN(Cc4ccccc4)CC3)c(=O)c2c1. The van der Waals surface area contributed by atoms with Gasteiger partial charge in [-0.25, -0.2) is 0 Å². The number of H-pyrrole nitrogens is 1. The van der Waals surface area contributed by atoms with Gasteiger partial charge in [-0.05, 0) is 37.6 Å². The molecule has 150 valence electrons. The summed E-state index contributed by atoms with van der Waals surface area (Å²) in [4.78, 5) is 33.0. The molecule has 0 atom stereocenters.